The van der Waals surface area contributed by atoms with E-state index >= 15 is 0 Å². The summed E-state index contributed by atoms with van der Waals surface area (Å²) < 4.78 is 41.5. The van der Waals surface area contributed by atoms with E-state index in [4.69, 9.17) is 0 Å². The number of carbonyl (C=O) groups excluding carboxylic acids is 2. The maximum atomic E-state index is 13.3. The molecular formula is C25H21F3N4O2. The van der Waals surface area contributed by atoms with Crippen LogP contribution in [0, 0.1) is 0 Å². The number of hydrogen-bond acceptors (Lipinski definition) is 3. The van der Waals surface area contributed by atoms with E-state index in [9.17, 15) is 22.8 Å². The summed E-state index contributed by atoms with van der Waals surface area (Å²) in [6.07, 6.45) is -1.29. The van der Waals surface area contributed by atoms with Gasteiger partial charge in [0, 0.05) is 43.9 Å². The molecule has 2 heterocycles. The largest absolute Gasteiger partial charge is 0.416 e. The van der Waals surface area contributed by atoms with Crippen molar-refractivity contribution in [2.45, 2.75) is 13.1 Å². The fraction of sp³-hybridized carbons (Fsp3) is 0.160. The van der Waals surface area contributed by atoms with E-state index in [1.165, 1.54) is 24.1 Å². The summed E-state index contributed by atoms with van der Waals surface area (Å²) in [5.41, 5.74) is 2.58. The molecule has 0 radical (unpaired) electrons. The second-order valence-electron chi connectivity index (χ2n) is 8.02. The number of amides is 2. The van der Waals surface area contributed by atoms with Crippen molar-refractivity contribution < 1.29 is 22.8 Å². The van der Waals surface area contributed by atoms with Gasteiger partial charge in [-0.15, -0.1) is 0 Å². The summed E-state index contributed by atoms with van der Waals surface area (Å²) in [4.78, 5) is 30.1. The number of nitrogens with zero attached hydrogens (tertiary/aromatic N) is 3. The molecular weight excluding hydrogens is 445 g/mol. The Kier molecular flexibility index (Phi) is 5.87. The summed E-state index contributed by atoms with van der Waals surface area (Å²) in [6.45, 7) is 1.36. The van der Waals surface area contributed by atoms with Crippen molar-refractivity contribution in [3.63, 3.8) is 0 Å². The van der Waals surface area contributed by atoms with Gasteiger partial charge in [-0.2, -0.15) is 13.2 Å². The molecule has 2 aromatic heterocycles. The highest BCUT2D eigenvalue weighted by atomic mass is 19.4. The zero-order valence-corrected chi connectivity index (χ0v) is 18.6. The van der Waals surface area contributed by atoms with Gasteiger partial charge in [-0.25, -0.2) is 4.98 Å². The predicted molar refractivity (Wildman–Crippen MR) is 123 cm³/mol. The minimum atomic E-state index is -4.48. The fourth-order valence-electron chi connectivity index (χ4n) is 3.69. The molecule has 0 unspecified atom stereocenters. The Morgan fingerprint density at radius 2 is 1.68 bits per heavy atom. The number of nitrogens with one attached hydrogen (secondary N) is 1. The molecule has 0 saturated heterocycles. The lowest BCUT2D eigenvalue weighted by Crippen LogP contribution is -2.21. The van der Waals surface area contributed by atoms with Crippen LogP contribution < -0.4 is 5.32 Å². The number of rotatable bonds is 4. The summed E-state index contributed by atoms with van der Waals surface area (Å²) in [7, 11) is 3.31. The van der Waals surface area contributed by atoms with Crippen LogP contribution in [0.3, 0.4) is 0 Å². The van der Waals surface area contributed by atoms with Crippen molar-refractivity contribution in [3.8, 4) is 22.4 Å². The fourth-order valence-corrected chi connectivity index (χ4v) is 3.69. The van der Waals surface area contributed by atoms with E-state index < -0.39 is 11.7 Å². The van der Waals surface area contributed by atoms with E-state index in [-0.39, 0.29) is 11.8 Å². The number of hydrogen-bond donors (Lipinski definition) is 1. The highest BCUT2D eigenvalue weighted by molar-refractivity contribution is 5.96. The monoisotopic (exact) mass is 466 g/mol. The van der Waals surface area contributed by atoms with Gasteiger partial charge in [0.1, 0.15) is 0 Å². The van der Waals surface area contributed by atoms with Gasteiger partial charge in [0.05, 0.1) is 23.1 Å². The van der Waals surface area contributed by atoms with E-state index in [2.05, 4.69) is 10.3 Å². The number of imidazole rings is 1. The van der Waals surface area contributed by atoms with Crippen LogP contribution in [0.5, 0.6) is 0 Å². The van der Waals surface area contributed by atoms with E-state index in [1.54, 1.807) is 55.0 Å². The van der Waals surface area contributed by atoms with Crippen LogP contribution in [0.1, 0.15) is 22.8 Å². The molecule has 0 aliphatic rings. The van der Waals surface area contributed by atoms with Gasteiger partial charge in [-0.05, 0) is 35.9 Å². The van der Waals surface area contributed by atoms with Gasteiger partial charge in [-0.1, -0.05) is 24.3 Å². The average molecular weight is 466 g/mol. The van der Waals surface area contributed by atoms with E-state index in [0.29, 0.717) is 39.3 Å². The first-order valence-corrected chi connectivity index (χ1v) is 10.3. The minimum absolute atomic E-state index is 0.169. The van der Waals surface area contributed by atoms with Crippen LogP contribution >= 0.6 is 0 Å². The van der Waals surface area contributed by atoms with Gasteiger partial charge in [0.25, 0.3) is 5.91 Å². The number of fused-ring (bicyclic) bond motifs is 1. The van der Waals surface area contributed by atoms with Crippen LogP contribution in [-0.4, -0.2) is 40.2 Å². The Morgan fingerprint density at radius 3 is 2.35 bits per heavy atom. The zero-order valence-electron chi connectivity index (χ0n) is 18.6. The SMILES string of the molecule is CC(=O)Nc1cc(-c2cccc(C(=O)N(C)C)c2)cn2c(-c3cccc(C(F)(F)F)c3)cnc12. The first kappa shape index (κ1) is 23.0. The van der Waals surface area contributed by atoms with Crippen LogP contribution in [0.25, 0.3) is 28.0 Å². The molecule has 2 aromatic carbocycles. The maximum Gasteiger partial charge on any atom is 0.416 e. The molecule has 0 aliphatic carbocycles. The normalized spacial score (nSPS) is 11.5. The van der Waals surface area contributed by atoms with Gasteiger partial charge in [-0.3, -0.25) is 14.0 Å². The van der Waals surface area contributed by atoms with Crippen molar-refractivity contribution in [1.82, 2.24) is 14.3 Å². The topological polar surface area (TPSA) is 66.7 Å². The smallest absolute Gasteiger partial charge is 0.345 e. The number of aromatic nitrogens is 2. The third kappa shape index (κ3) is 4.50. The molecule has 9 heteroatoms. The standard InChI is InChI=1S/C25H21F3N4O2/c1-15(33)30-21-12-19(16-6-4-8-18(10-16)24(34)31(2)3)14-32-22(13-29-23(21)32)17-7-5-9-20(11-17)25(26,27)28/h4-14H,1-3H3,(H,30,33). The molecule has 0 saturated carbocycles. The Balaban J connectivity index is 1.92. The minimum Gasteiger partial charge on any atom is -0.345 e. The Labute approximate surface area is 193 Å². The number of pyridine rings is 1. The Morgan fingerprint density at radius 1 is 0.971 bits per heavy atom. The van der Waals surface area contributed by atoms with Gasteiger partial charge >= 0.3 is 6.18 Å². The summed E-state index contributed by atoms with van der Waals surface area (Å²) >= 11 is 0. The number of halogens is 3. The summed E-state index contributed by atoms with van der Waals surface area (Å²) in [5.74, 6) is -0.489. The molecule has 4 rings (SSSR count). The Hall–Kier alpha value is -4.14. The lowest BCUT2D eigenvalue weighted by molar-refractivity contribution is -0.137. The van der Waals surface area contributed by atoms with Gasteiger partial charge in [0.2, 0.25) is 5.91 Å². The predicted octanol–water partition coefficient (Wildman–Crippen LogP) is 5.35. The maximum absolute atomic E-state index is 13.3. The lowest BCUT2D eigenvalue weighted by atomic mass is 10.0. The Bertz CT molecular complexity index is 1410. The molecule has 2 amide bonds. The highest BCUT2D eigenvalue weighted by Gasteiger charge is 2.30. The molecule has 1 N–H and O–H groups in total. The third-order valence-electron chi connectivity index (χ3n) is 5.25. The molecule has 4 aromatic rings. The number of alkyl halides is 3. The van der Waals surface area contributed by atoms with Gasteiger partial charge in [0.15, 0.2) is 5.65 Å². The molecule has 0 fully saturated rings. The van der Waals surface area contributed by atoms with Crippen LogP contribution in [0.4, 0.5) is 18.9 Å². The average Bonchev–Trinajstić information content (AvgIpc) is 3.22. The van der Waals surface area contributed by atoms with Crippen LogP contribution in [0.2, 0.25) is 0 Å². The quantitative estimate of drug-likeness (QED) is 0.441. The number of carbonyl (C=O) groups is 2. The molecule has 0 aliphatic heterocycles. The third-order valence-corrected chi connectivity index (χ3v) is 5.25. The van der Waals surface area contributed by atoms with E-state index in [1.807, 2.05) is 6.07 Å². The number of benzene rings is 2. The molecule has 6 nitrogen and oxygen atoms in total. The highest BCUT2D eigenvalue weighted by Crippen LogP contribution is 2.34. The summed E-state index contributed by atoms with van der Waals surface area (Å²) in [6, 6.07) is 13.7. The first-order valence-electron chi connectivity index (χ1n) is 10.3. The molecule has 174 valence electrons. The first-order chi connectivity index (χ1) is 16.0. The molecule has 0 atom stereocenters. The van der Waals surface area contributed by atoms with Gasteiger partial charge < -0.3 is 10.2 Å². The van der Waals surface area contributed by atoms with Crippen molar-refractivity contribution in [3.05, 3.63) is 78.1 Å². The second kappa shape index (κ2) is 8.66. The zero-order chi connectivity index (χ0) is 24.6. The second-order valence-corrected chi connectivity index (χ2v) is 8.02. The van der Waals surface area contributed by atoms with Crippen molar-refractivity contribution >= 4 is 23.1 Å². The lowest BCUT2D eigenvalue weighted by Gasteiger charge is -2.14. The van der Waals surface area contributed by atoms with E-state index in [0.717, 1.165) is 12.1 Å². The number of anilines is 1. The van der Waals surface area contributed by atoms with Crippen molar-refractivity contribution in [1.29, 1.82) is 0 Å². The van der Waals surface area contributed by atoms with Crippen LogP contribution in [-0.2, 0) is 11.0 Å². The van der Waals surface area contributed by atoms with Crippen molar-refractivity contribution in [2.24, 2.45) is 0 Å². The molecule has 0 spiro atoms. The molecule has 0 bridgehead atoms. The molecule has 34 heavy (non-hydrogen) atoms. The summed E-state index contributed by atoms with van der Waals surface area (Å²) in [5, 5.41) is 2.74. The van der Waals surface area contributed by atoms with Crippen molar-refractivity contribution in [2.75, 3.05) is 19.4 Å². The van der Waals surface area contributed by atoms with Crippen LogP contribution in [0.15, 0.2) is 67.0 Å².